The number of alkyl halides is 7. The fourth-order valence-electron chi connectivity index (χ4n) is 3.62. The molecule has 1 aliphatic heterocycles. The highest BCUT2D eigenvalue weighted by atomic mass is 35.5. The number of hydroxylamine groups is 2. The van der Waals surface area contributed by atoms with Crippen LogP contribution in [-0.4, -0.2) is 52.9 Å². The van der Waals surface area contributed by atoms with Gasteiger partial charge in [-0.1, -0.05) is 35.9 Å². The normalized spacial score (nSPS) is 18.5. The zero-order valence-electron chi connectivity index (χ0n) is 17.6. The molecule has 0 amide bonds. The average Bonchev–Trinajstić information content (AvgIpc) is 2.74. The molecule has 0 saturated carbocycles. The van der Waals surface area contributed by atoms with Crippen LogP contribution in [0.25, 0.3) is 0 Å². The average molecular weight is 497 g/mol. The Morgan fingerprint density at radius 3 is 1.52 bits per heavy atom. The van der Waals surface area contributed by atoms with Crippen LogP contribution in [0.3, 0.4) is 0 Å². The molecule has 0 aromatic heterocycles. The zero-order valence-corrected chi connectivity index (χ0v) is 18.3. The van der Waals surface area contributed by atoms with Gasteiger partial charge in [0.05, 0.1) is 23.3 Å². The minimum absolute atomic E-state index is 0.383. The number of rotatable bonds is 6. The Morgan fingerprint density at radius 2 is 1.18 bits per heavy atom. The summed E-state index contributed by atoms with van der Waals surface area (Å²) >= 11 is 5.93. The number of halogens is 7. The third-order valence-corrected chi connectivity index (χ3v) is 5.82. The molecule has 1 fully saturated rings. The van der Waals surface area contributed by atoms with Crippen molar-refractivity contribution >= 4 is 11.6 Å². The molecule has 2 aromatic carbocycles. The summed E-state index contributed by atoms with van der Waals surface area (Å²) in [6.07, 6.45) is -9.88. The van der Waals surface area contributed by atoms with E-state index in [2.05, 4.69) is 0 Å². The SMILES string of the molecule is CC(O)C(Cl)ON1CCN(C(c2ccc(C(F)(F)F)cc2)c2ccc(C(F)(F)F)cc2)CC1. The van der Waals surface area contributed by atoms with Gasteiger partial charge in [0.25, 0.3) is 0 Å². The number of aliphatic hydroxyl groups is 1. The largest absolute Gasteiger partial charge is 0.416 e. The number of aliphatic hydroxyl groups excluding tert-OH is 1. The summed E-state index contributed by atoms with van der Waals surface area (Å²) in [6, 6.07) is 8.68. The zero-order chi connectivity index (χ0) is 24.4. The van der Waals surface area contributed by atoms with Crippen LogP contribution in [0.15, 0.2) is 48.5 Å². The van der Waals surface area contributed by atoms with Gasteiger partial charge >= 0.3 is 12.4 Å². The second-order valence-electron chi connectivity index (χ2n) is 7.80. The van der Waals surface area contributed by atoms with E-state index in [9.17, 15) is 31.4 Å². The van der Waals surface area contributed by atoms with E-state index in [1.807, 2.05) is 4.90 Å². The number of piperazine rings is 1. The van der Waals surface area contributed by atoms with Crippen LogP contribution in [0.5, 0.6) is 0 Å². The first-order valence-corrected chi connectivity index (χ1v) is 10.6. The van der Waals surface area contributed by atoms with Gasteiger partial charge < -0.3 is 5.11 Å². The summed E-state index contributed by atoms with van der Waals surface area (Å²) in [5.41, 5.74) is -1.49. The minimum atomic E-state index is -4.49. The third-order valence-electron chi connectivity index (χ3n) is 5.37. The Hall–Kier alpha value is -1.85. The molecule has 2 atom stereocenters. The minimum Gasteiger partial charge on any atom is -0.389 e. The summed E-state index contributed by atoms with van der Waals surface area (Å²) < 4.78 is 78.0. The fourth-order valence-corrected chi connectivity index (χ4v) is 3.73. The van der Waals surface area contributed by atoms with E-state index in [4.69, 9.17) is 16.4 Å². The highest BCUT2D eigenvalue weighted by Crippen LogP contribution is 2.35. The van der Waals surface area contributed by atoms with Gasteiger partial charge in [-0.2, -0.15) is 31.4 Å². The second-order valence-corrected chi connectivity index (χ2v) is 8.23. The van der Waals surface area contributed by atoms with E-state index in [1.54, 1.807) is 5.06 Å². The third kappa shape index (κ3) is 6.60. The molecule has 182 valence electrons. The number of benzene rings is 2. The van der Waals surface area contributed by atoms with Crippen LogP contribution in [0.1, 0.15) is 35.2 Å². The molecule has 1 saturated heterocycles. The molecule has 0 aliphatic carbocycles. The van der Waals surface area contributed by atoms with Gasteiger partial charge in [-0.05, 0) is 42.3 Å². The molecular weight excluding hydrogens is 474 g/mol. The lowest BCUT2D eigenvalue weighted by atomic mass is 9.94. The predicted molar refractivity (Wildman–Crippen MR) is 110 cm³/mol. The highest BCUT2D eigenvalue weighted by Gasteiger charge is 2.33. The van der Waals surface area contributed by atoms with Crippen LogP contribution in [0.4, 0.5) is 26.3 Å². The highest BCUT2D eigenvalue weighted by molar-refractivity contribution is 6.20. The van der Waals surface area contributed by atoms with Crippen molar-refractivity contribution in [2.75, 3.05) is 26.2 Å². The van der Waals surface area contributed by atoms with E-state index in [1.165, 1.54) is 31.2 Å². The van der Waals surface area contributed by atoms with Crippen molar-refractivity contribution in [3.63, 3.8) is 0 Å². The molecule has 1 heterocycles. The van der Waals surface area contributed by atoms with E-state index < -0.39 is 41.2 Å². The summed E-state index contributed by atoms with van der Waals surface area (Å²) in [4.78, 5) is 7.43. The molecule has 0 spiro atoms. The van der Waals surface area contributed by atoms with E-state index >= 15 is 0 Å². The van der Waals surface area contributed by atoms with Crippen LogP contribution >= 0.6 is 11.6 Å². The van der Waals surface area contributed by atoms with Gasteiger partial charge in [-0.15, -0.1) is 0 Å². The smallest absolute Gasteiger partial charge is 0.389 e. The maximum atomic E-state index is 13.0. The molecule has 33 heavy (non-hydrogen) atoms. The second kappa shape index (κ2) is 10.2. The number of hydrogen-bond acceptors (Lipinski definition) is 4. The molecule has 0 bridgehead atoms. The molecule has 3 rings (SSSR count). The Bertz CT molecular complexity index is 838. The maximum Gasteiger partial charge on any atom is 0.416 e. The van der Waals surface area contributed by atoms with Gasteiger partial charge in [0.2, 0.25) is 0 Å². The lowest BCUT2D eigenvalue weighted by Crippen LogP contribution is -2.49. The van der Waals surface area contributed by atoms with Crippen molar-refractivity contribution in [2.24, 2.45) is 0 Å². The van der Waals surface area contributed by atoms with Crippen molar-refractivity contribution in [2.45, 2.75) is 37.0 Å². The van der Waals surface area contributed by atoms with E-state index in [-0.39, 0.29) is 0 Å². The lowest BCUT2D eigenvalue weighted by molar-refractivity contribution is -0.208. The van der Waals surface area contributed by atoms with Crippen LogP contribution in [0.2, 0.25) is 0 Å². The van der Waals surface area contributed by atoms with E-state index in [0.717, 1.165) is 24.3 Å². The van der Waals surface area contributed by atoms with E-state index in [0.29, 0.717) is 37.3 Å². The summed E-state index contributed by atoms with van der Waals surface area (Å²) in [6.45, 7) is 3.08. The first-order valence-electron chi connectivity index (χ1n) is 10.2. The molecule has 0 radical (unpaired) electrons. The maximum absolute atomic E-state index is 13.0. The molecule has 2 unspecified atom stereocenters. The molecular formula is C22H23ClF6N2O2. The Morgan fingerprint density at radius 1 is 0.788 bits per heavy atom. The number of hydrogen-bond donors (Lipinski definition) is 1. The molecule has 4 nitrogen and oxygen atoms in total. The topological polar surface area (TPSA) is 35.9 Å². The predicted octanol–water partition coefficient (Wildman–Crippen LogP) is 5.31. The van der Waals surface area contributed by atoms with Crippen LogP contribution < -0.4 is 0 Å². The van der Waals surface area contributed by atoms with Crippen molar-refractivity contribution < 1.29 is 36.3 Å². The van der Waals surface area contributed by atoms with Crippen molar-refractivity contribution in [3.05, 3.63) is 70.8 Å². The lowest BCUT2D eigenvalue weighted by Gasteiger charge is -2.40. The standard InChI is InChI=1S/C22H23ClF6N2O2/c1-14(32)20(23)33-31-12-10-30(11-13-31)19(15-2-6-17(7-3-15)21(24,25)26)16-4-8-18(9-5-16)22(27,28)29/h2-9,14,19-20,32H,10-13H2,1H3. The quantitative estimate of drug-likeness (QED) is 0.434. The summed E-state index contributed by atoms with van der Waals surface area (Å²) in [5, 5.41) is 11.1. The summed E-state index contributed by atoms with van der Waals surface area (Å²) in [7, 11) is 0. The van der Waals surface area contributed by atoms with Crippen molar-refractivity contribution in [1.29, 1.82) is 0 Å². The fraction of sp³-hybridized carbons (Fsp3) is 0.455. The van der Waals surface area contributed by atoms with Crippen molar-refractivity contribution in [1.82, 2.24) is 9.96 Å². The Balaban J connectivity index is 1.85. The molecule has 1 aliphatic rings. The van der Waals surface area contributed by atoms with Gasteiger partial charge in [0.15, 0.2) is 5.56 Å². The first kappa shape index (κ1) is 25.8. The molecule has 11 heteroatoms. The number of nitrogens with zero attached hydrogens (tertiary/aromatic N) is 2. The monoisotopic (exact) mass is 496 g/mol. The molecule has 2 aromatic rings. The summed E-state index contributed by atoms with van der Waals surface area (Å²) in [5.74, 6) is 0. The van der Waals surface area contributed by atoms with Gasteiger partial charge in [0.1, 0.15) is 0 Å². The Labute approximate surface area is 192 Å². The molecule has 1 N–H and O–H groups in total. The van der Waals surface area contributed by atoms with Gasteiger partial charge in [-0.3, -0.25) is 9.74 Å². The first-order chi connectivity index (χ1) is 15.4. The Kier molecular flexibility index (Phi) is 7.95. The van der Waals surface area contributed by atoms with Gasteiger partial charge in [0, 0.05) is 26.2 Å². The van der Waals surface area contributed by atoms with Crippen LogP contribution in [0, 0.1) is 0 Å². The van der Waals surface area contributed by atoms with Crippen molar-refractivity contribution in [3.8, 4) is 0 Å². The van der Waals surface area contributed by atoms with Crippen LogP contribution in [-0.2, 0) is 17.2 Å². The van der Waals surface area contributed by atoms with Gasteiger partial charge in [-0.25, -0.2) is 0 Å².